The minimum absolute atomic E-state index is 0.312. The van der Waals surface area contributed by atoms with Crippen LogP contribution in [0.3, 0.4) is 0 Å². The second-order valence-electron chi connectivity index (χ2n) is 6.83. The molecule has 0 atom stereocenters. The molecule has 1 aromatic rings. The lowest BCUT2D eigenvalue weighted by Gasteiger charge is -2.47. The summed E-state index contributed by atoms with van der Waals surface area (Å²) in [5, 5.41) is 0. The second kappa shape index (κ2) is 6.26. The molecule has 2 fully saturated rings. The number of hydrogen-bond donors (Lipinski definition) is 0. The molecule has 122 valence electrons. The van der Waals surface area contributed by atoms with Gasteiger partial charge < -0.3 is 0 Å². The number of nitrogens with zero attached hydrogens (tertiary/aromatic N) is 3. The highest BCUT2D eigenvalue weighted by atomic mass is 32.2. The highest BCUT2D eigenvalue weighted by Crippen LogP contribution is 2.40. The molecule has 1 aromatic heterocycles. The van der Waals surface area contributed by atoms with E-state index in [1.807, 2.05) is 12.4 Å². The van der Waals surface area contributed by atoms with Crippen LogP contribution in [-0.2, 0) is 16.6 Å². The lowest BCUT2D eigenvalue weighted by Crippen LogP contribution is -2.50. The number of rotatable bonds is 3. The van der Waals surface area contributed by atoms with Crippen molar-refractivity contribution in [2.24, 2.45) is 5.41 Å². The Morgan fingerprint density at radius 3 is 2.45 bits per heavy atom. The minimum Gasteiger partial charge on any atom is -0.299 e. The molecule has 0 aromatic carbocycles. The number of piperidine rings is 2. The van der Waals surface area contributed by atoms with E-state index in [-0.39, 0.29) is 0 Å². The molecular weight excluding hydrogens is 298 g/mol. The second-order valence-corrected chi connectivity index (χ2v) is 8.81. The van der Waals surface area contributed by atoms with E-state index in [2.05, 4.69) is 22.0 Å². The Labute approximate surface area is 133 Å². The molecule has 2 aliphatic rings. The van der Waals surface area contributed by atoms with Crippen LogP contribution in [-0.4, -0.2) is 55.0 Å². The highest BCUT2D eigenvalue weighted by Gasteiger charge is 2.39. The summed E-state index contributed by atoms with van der Waals surface area (Å²) in [5.41, 5.74) is 1.62. The molecule has 3 heterocycles. The fraction of sp³-hybridized carbons (Fsp3) is 0.688. The highest BCUT2D eigenvalue weighted by molar-refractivity contribution is 7.88. The smallest absolute Gasteiger partial charge is 0.211 e. The first-order valence-corrected chi connectivity index (χ1v) is 9.88. The number of pyridine rings is 1. The lowest BCUT2D eigenvalue weighted by molar-refractivity contribution is 0.0394. The largest absolute Gasteiger partial charge is 0.299 e. The van der Waals surface area contributed by atoms with Crippen LogP contribution >= 0.6 is 0 Å². The molecule has 0 amide bonds. The van der Waals surface area contributed by atoms with Crippen LogP contribution in [0.25, 0.3) is 0 Å². The fourth-order valence-corrected chi connectivity index (χ4v) is 4.74. The Morgan fingerprint density at radius 1 is 1.14 bits per heavy atom. The molecule has 3 rings (SSSR count). The first-order valence-electron chi connectivity index (χ1n) is 8.03. The topological polar surface area (TPSA) is 53.5 Å². The molecule has 0 aliphatic carbocycles. The van der Waals surface area contributed by atoms with Gasteiger partial charge in [0.25, 0.3) is 0 Å². The molecule has 0 radical (unpaired) electrons. The molecule has 0 unspecified atom stereocenters. The van der Waals surface area contributed by atoms with Crippen molar-refractivity contribution >= 4 is 10.0 Å². The Balaban J connectivity index is 1.61. The average molecular weight is 323 g/mol. The molecule has 6 heteroatoms. The van der Waals surface area contributed by atoms with Crippen LogP contribution in [0.5, 0.6) is 0 Å². The van der Waals surface area contributed by atoms with Crippen LogP contribution in [0.15, 0.2) is 24.5 Å². The summed E-state index contributed by atoms with van der Waals surface area (Å²) < 4.78 is 25.0. The van der Waals surface area contributed by atoms with Gasteiger partial charge in [-0.1, -0.05) is 0 Å². The Kier molecular flexibility index (Phi) is 4.52. The number of aromatic nitrogens is 1. The molecule has 2 aliphatic heterocycles. The van der Waals surface area contributed by atoms with Gasteiger partial charge in [0.05, 0.1) is 6.26 Å². The van der Waals surface area contributed by atoms with Crippen molar-refractivity contribution in [2.45, 2.75) is 32.2 Å². The van der Waals surface area contributed by atoms with Gasteiger partial charge in [0.1, 0.15) is 0 Å². The SMILES string of the molecule is CS(=O)(=O)N1CCC2(CCCN(Cc3ccncc3)C2)CC1. The summed E-state index contributed by atoms with van der Waals surface area (Å²) in [4.78, 5) is 6.59. The average Bonchev–Trinajstić information content (AvgIpc) is 2.48. The van der Waals surface area contributed by atoms with Gasteiger partial charge in [-0.3, -0.25) is 9.88 Å². The number of hydrogen-bond acceptors (Lipinski definition) is 4. The molecule has 2 saturated heterocycles. The lowest BCUT2D eigenvalue weighted by atomic mass is 9.73. The van der Waals surface area contributed by atoms with Crippen LogP contribution in [0.1, 0.15) is 31.2 Å². The van der Waals surface area contributed by atoms with Crippen molar-refractivity contribution < 1.29 is 8.42 Å². The summed E-state index contributed by atoms with van der Waals surface area (Å²) in [7, 11) is -3.03. The predicted molar refractivity (Wildman–Crippen MR) is 86.8 cm³/mol. The van der Waals surface area contributed by atoms with Gasteiger partial charge in [-0.2, -0.15) is 0 Å². The molecule has 22 heavy (non-hydrogen) atoms. The van der Waals surface area contributed by atoms with Gasteiger partial charge in [-0.15, -0.1) is 0 Å². The van der Waals surface area contributed by atoms with E-state index in [9.17, 15) is 8.42 Å². The van der Waals surface area contributed by atoms with Gasteiger partial charge in [0, 0.05) is 38.6 Å². The van der Waals surface area contributed by atoms with Crippen molar-refractivity contribution in [1.29, 1.82) is 0 Å². The van der Waals surface area contributed by atoms with Gasteiger partial charge in [0.15, 0.2) is 0 Å². The Morgan fingerprint density at radius 2 is 1.82 bits per heavy atom. The van der Waals surface area contributed by atoms with E-state index >= 15 is 0 Å². The first-order chi connectivity index (χ1) is 10.5. The van der Waals surface area contributed by atoms with Crippen molar-refractivity contribution in [3.05, 3.63) is 30.1 Å². The predicted octanol–water partition coefficient (Wildman–Crippen LogP) is 1.72. The quantitative estimate of drug-likeness (QED) is 0.850. The molecule has 1 spiro atoms. The Hall–Kier alpha value is -0.980. The maximum Gasteiger partial charge on any atom is 0.211 e. The maximum absolute atomic E-state index is 11.7. The van der Waals surface area contributed by atoms with Crippen LogP contribution in [0.2, 0.25) is 0 Å². The van der Waals surface area contributed by atoms with Gasteiger partial charge in [-0.25, -0.2) is 12.7 Å². The zero-order valence-electron chi connectivity index (χ0n) is 13.2. The summed E-state index contributed by atoms with van der Waals surface area (Å²) in [6.45, 7) is 4.57. The van der Waals surface area contributed by atoms with E-state index in [1.165, 1.54) is 24.7 Å². The third-order valence-electron chi connectivity index (χ3n) is 5.15. The molecule has 0 N–H and O–H groups in total. The summed E-state index contributed by atoms with van der Waals surface area (Å²) in [6, 6.07) is 4.15. The molecule has 5 nitrogen and oxygen atoms in total. The van der Waals surface area contributed by atoms with Crippen molar-refractivity contribution in [3.8, 4) is 0 Å². The third kappa shape index (κ3) is 3.67. The van der Waals surface area contributed by atoms with E-state index < -0.39 is 10.0 Å². The van der Waals surface area contributed by atoms with Gasteiger partial charge >= 0.3 is 0 Å². The summed E-state index contributed by atoms with van der Waals surface area (Å²) in [6.07, 6.45) is 9.45. The van der Waals surface area contributed by atoms with Gasteiger partial charge in [0.2, 0.25) is 10.0 Å². The number of likely N-dealkylation sites (tertiary alicyclic amines) is 1. The fourth-order valence-electron chi connectivity index (χ4n) is 3.89. The molecule has 0 saturated carbocycles. The maximum atomic E-state index is 11.7. The van der Waals surface area contributed by atoms with E-state index in [0.29, 0.717) is 18.5 Å². The van der Waals surface area contributed by atoms with Crippen LogP contribution in [0.4, 0.5) is 0 Å². The van der Waals surface area contributed by atoms with Crippen molar-refractivity contribution in [2.75, 3.05) is 32.4 Å². The normalized spacial score (nSPS) is 23.7. The van der Waals surface area contributed by atoms with Crippen LogP contribution < -0.4 is 0 Å². The van der Waals surface area contributed by atoms with E-state index in [0.717, 1.165) is 32.5 Å². The third-order valence-corrected chi connectivity index (χ3v) is 6.45. The zero-order chi connectivity index (χ0) is 15.6. The standard InChI is InChI=1S/C16H25N3O2S/c1-22(20,21)19-11-6-16(7-12-19)5-2-10-18(14-16)13-15-3-8-17-9-4-15/h3-4,8-9H,2,5-7,10-14H2,1H3. The van der Waals surface area contributed by atoms with E-state index in [1.54, 1.807) is 4.31 Å². The Bertz CT molecular complexity index is 595. The van der Waals surface area contributed by atoms with Crippen molar-refractivity contribution in [3.63, 3.8) is 0 Å². The number of sulfonamides is 1. The summed E-state index contributed by atoms with van der Waals surface area (Å²) >= 11 is 0. The van der Waals surface area contributed by atoms with E-state index in [4.69, 9.17) is 0 Å². The van der Waals surface area contributed by atoms with Crippen molar-refractivity contribution in [1.82, 2.24) is 14.2 Å². The van der Waals surface area contributed by atoms with Gasteiger partial charge in [-0.05, 0) is 55.3 Å². The zero-order valence-corrected chi connectivity index (χ0v) is 14.1. The summed E-state index contributed by atoms with van der Waals surface area (Å²) in [5.74, 6) is 0. The monoisotopic (exact) mass is 323 g/mol. The van der Waals surface area contributed by atoms with Crippen LogP contribution in [0, 0.1) is 5.41 Å². The minimum atomic E-state index is -3.03. The molecular formula is C16H25N3O2S. The molecule has 0 bridgehead atoms. The first kappa shape index (κ1) is 15.9.